The Morgan fingerprint density at radius 3 is 2.52 bits per heavy atom. The van der Waals surface area contributed by atoms with Crippen LogP contribution in [0.2, 0.25) is 0 Å². The van der Waals surface area contributed by atoms with E-state index in [2.05, 4.69) is 61.0 Å². The van der Waals surface area contributed by atoms with Gasteiger partial charge in [0.15, 0.2) is 0 Å². The van der Waals surface area contributed by atoms with Gasteiger partial charge in [0, 0.05) is 27.2 Å². The second kappa shape index (κ2) is 6.33. The van der Waals surface area contributed by atoms with E-state index in [9.17, 15) is 4.79 Å². The normalized spacial score (nSPS) is 14.3. The summed E-state index contributed by atoms with van der Waals surface area (Å²) in [4.78, 5) is 15.9. The van der Waals surface area contributed by atoms with Crippen LogP contribution in [-0.2, 0) is 12.3 Å². The summed E-state index contributed by atoms with van der Waals surface area (Å²) in [6.07, 6.45) is 0. The van der Waals surface area contributed by atoms with Crippen molar-refractivity contribution in [3.63, 3.8) is 0 Å². The number of carbonyl (C=O) groups excluding carboxylic acids is 1. The fourth-order valence-electron chi connectivity index (χ4n) is 2.77. The number of rotatable bonds is 3. The molecule has 1 amide bonds. The van der Waals surface area contributed by atoms with Crippen molar-refractivity contribution in [2.45, 2.75) is 43.5 Å². The summed E-state index contributed by atoms with van der Waals surface area (Å²) in [6, 6.07) is 14.5. The van der Waals surface area contributed by atoms with E-state index in [0.717, 1.165) is 26.2 Å². The Bertz CT molecular complexity index is 737. The van der Waals surface area contributed by atoms with Crippen molar-refractivity contribution < 1.29 is 4.79 Å². The third-order valence-corrected chi connectivity index (χ3v) is 5.55. The van der Waals surface area contributed by atoms with Gasteiger partial charge in [-0.1, -0.05) is 46.3 Å². The van der Waals surface area contributed by atoms with Crippen LogP contribution in [0.15, 0.2) is 51.8 Å². The second-order valence-electron chi connectivity index (χ2n) is 6.77. The van der Waals surface area contributed by atoms with Crippen LogP contribution >= 0.6 is 27.7 Å². The first-order valence-corrected chi connectivity index (χ1v) is 9.45. The van der Waals surface area contributed by atoms with Crippen molar-refractivity contribution in [3.8, 4) is 0 Å². The lowest BCUT2D eigenvalue weighted by Gasteiger charge is -2.31. The van der Waals surface area contributed by atoms with Crippen LogP contribution in [0, 0.1) is 0 Å². The van der Waals surface area contributed by atoms with E-state index in [4.69, 9.17) is 0 Å². The number of thioether (sulfide) groups is 1. The van der Waals surface area contributed by atoms with Crippen molar-refractivity contribution in [1.82, 2.24) is 4.90 Å². The number of fused-ring (bicyclic) bond motifs is 1. The minimum absolute atomic E-state index is 0.149. The van der Waals surface area contributed by atoms with Gasteiger partial charge in [0.05, 0.1) is 5.56 Å². The molecule has 1 heterocycles. The van der Waals surface area contributed by atoms with Crippen LogP contribution in [0.25, 0.3) is 0 Å². The van der Waals surface area contributed by atoms with Gasteiger partial charge < -0.3 is 4.90 Å². The fraction of sp³-hybridized carbons (Fsp3) is 0.316. The minimum atomic E-state index is -0.163. The van der Waals surface area contributed by atoms with E-state index in [1.807, 2.05) is 23.1 Å². The highest BCUT2D eigenvalue weighted by atomic mass is 79.9. The molecule has 0 saturated carbocycles. The molecule has 0 bridgehead atoms. The molecule has 0 atom stereocenters. The Kier molecular flexibility index (Phi) is 4.56. The number of hydrogen-bond acceptors (Lipinski definition) is 2. The first-order valence-electron chi connectivity index (χ1n) is 7.67. The van der Waals surface area contributed by atoms with Crippen LogP contribution < -0.4 is 0 Å². The van der Waals surface area contributed by atoms with Gasteiger partial charge in [0.1, 0.15) is 0 Å². The molecule has 23 heavy (non-hydrogen) atoms. The van der Waals surface area contributed by atoms with Gasteiger partial charge in [0.25, 0.3) is 5.91 Å². The highest BCUT2D eigenvalue weighted by molar-refractivity contribution is 9.10. The lowest BCUT2D eigenvalue weighted by atomic mass is 10.1. The smallest absolute Gasteiger partial charge is 0.256 e. The van der Waals surface area contributed by atoms with Crippen LogP contribution in [0.3, 0.4) is 0 Å². The van der Waals surface area contributed by atoms with Crippen LogP contribution in [-0.4, -0.2) is 16.3 Å². The molecule has 0 spiro atoms. The van der Waals surface area contributed by atoms with E-state index >= 15 is 0 Å². The van der Waals surface area contributed by atoms with Crippen LogP contribution in [0.5, 0.6) is 0 Å². The minimum Gasteiger partial charge on any atom is -0.329 e. The molecule has 0 saturated heterocycles. The maximum Gasteiger partial charge on any atom is 0.256 e. The molecule has 4 heteroatoms. The monoisotopic (exact) mass is 389 g/mol. The number of nitrogens with zero attached hydrogens (tertiary/aromatic N) is 1. The Labute approximate surface area is 150 Å². The topological polar surface area (TPSA) is 20.3 Å². The Morgan fingerprint density at radius 2 is 1.87 bits per heavy atom. The summed E-state index contributed by atoms with van der Waals surface area (Å²) in [6.45, 7) is 6.95. The SMILES string of the molecule is CC(C)(C)N1Cc2cc(Br)cc(SCc3ccccc3)c2C1=O. The van der Waals surface area contributed by atoms with Crippen molar-refractivity contribution in [2.75, 3.05) is 0 Å². The van der Waals surface area contributed by atoms with Gasteiger partial charge in [-0.25, -0.2) is 0 Å². The average molecular weight is 390 g/mol. The van der Waals surface area contributed by atoms with Crippen LogP contribution in [0.4, 0.5) is 0 Å². The Hall–Kier alpha value is -1.26. The molecule has 0 unspecified atom stereocenters. The summed E-state index contributed by atoms with van der Waals surface area (Å²) < 4.78 is 1.04. The molecule has 120 valence electrons. The van der Waals surface area contributed by atoms with Crippen molar-refractivity contribution >= 4 is 33.6 Å². The molecule has 1 aliphatic heterocycles. The third kappa shape index (κ3) is 3.48. The molecule has 0 fully saturated rings. The fourth-order valence-corrected chi connectivity index (χ4v) is 4.52. The zero-order chi connectivity index (χ0) is 16.6. The predicted octanol–water partition coefficient (Wildman–Crippen LogP) is 5.50. The van der Waals surface area contributed by atoms with Gasteiger partial charge in [0.2, 0.25) is 0 Å². The van der Waals surface area contributed by atoms with E-state index in [1.165, 1.54) is 5.56 Å². The summed E-state index contributed by atoms with van der Waals surface area (Å²) in [5, 5.41) is 0. The molecule has 0 N–H and O–H groups in total. The standard InChI is InChI=1S/C19H20BrNOS/c1-19(2,3)21-11-14-9-15(20)10-16(17(14)18(21)22)23-12-13-7-5-4-6-8-13/h4-10H,11-12H2,1-3H3. The number of hydrogen-bond donors (Lipinski definition) is 0. The summed E-state index contributed by atoms with van der Waals surface area (Å²) in [5.74, 6) is 1.02. The Balaban J connectivity index is 1.90. The van der Waals surface area contributed by atoms with Gasteiger partial charge in [-0.2, -0.15) is 0 Å². The molecule has 0 radical (unpaired) electrons. The van der Waals surface area contributed by atoms with E-state index in [1.54, 1.807) is 11.8 Å². The molecule has 3 rings (SSSR count). The molecular weight excluding hydrogens is 370 g/mol. The van der Waals surface area contributed by atoms with Crippen molar-refractivity contribution in [3.05, 3.63) is 63.6 Å². The molecule has 0 aliphatic carbocycles. The number of benzene rings is 2. The highest BCUT2D eigenvalue weighted by Gasteiger charge is 2.36. The Morgan fingerprint density at radius 1 is 1.17 bits per heavy atom. The largest absolute Gasteiger partial charge is 0.329 e. The summed E-state index contributed by atoms with van der Waals surface area (Å²) >= 11 is 5.32. The highest BCUT2D eigenvalue weighted by Crippen LogP contribution is 2.38. The maximum atomic E-state index is 12.9. The molecule has 0 aromatic heterocycles. The van der Waals surface area contributed by atoms with Crippen LogP contribution in [0.1, 0.15) is 42.3 Å². The van der Waals surface area contributed by atoms with E-state index in [-0.39, 0.29) is 11.4 Å². The molecule has 1 aliphatic rings. The van der Waals surface area contributed by atoms with Gasteiger partial charge >= 0.3 is 0 Å². The summed E-state index contributed by atoms with van der Waals surface area (Å²) in [7, 11) is 0. The molecule has 2 aromatic rings. The third-order valence-electron chi connectivity index (χ3n) is 3.98. The lowest BCUT2D eigenvalue weighted by Crippen LogP contribution is -2.41. The predicted molar refractivity (Wildman–Crippen MR) is 99.8 cm³/mol. The van der Waals surface area contributed by atoms with Gasteiger partial charge in [-0.3, -0.25) is 4.79 Å². The zero-order valence-electron chi connectivity index (χ0n) is 13.6. The van der Waals surface area contributed by atoms with Crippen molar-refractivity contribution in [1.29, 1.82) is 0 Å². The first-order chi connectivity index (χ1) is 10.9. The van der Waals surface area contributed by atoms with E-state index < -0.39 is 0 Å². The number of carbonyl (C=O) groups is 1. The molecular formula is C19H20BrNOS. The van der Waals surface area contributed by atoms with E-state index in [0.29, 0.717) is 6.54 Å². The average Bonchev–Trinajstić information content (AvgIpc) is 2.83. The number of halogens is 1. The second-order valence-corrected chi connectivity index (χ2v) is 8.71. The molecule has 2 nitrogen and oxygen atoms in total. The maximum absolute atomic E-state index is 12.9. The zero-order valence-corrected chi connectivity index (χ0v) is 16.0. The lowest BCUT2D eigenvalue weighted by molar-refractivity contribution is 0.0607. The molecule has 2 aromatic carbocycles. The van der Waals surface area contributed by atoms with Crippen molar-refractivity contribution in [2.24, 2.45) is 0 Å². The quantitative estimate of drug-likeness (QED) is 0.646. The van der Waals surface area contributed by atoms with Gasteiger partial charge in [-0.15, -0.1) is 11.8 Å². The summed E-state index contributed by atoms with van der Waals surface area (Å²) in [5.41, 5.74) is 3.10. The van der Waals surface area contributed by atoms with Gasteiger partial charge in [-0.05, 0) is 44.0 Å². The first kappa shape index (κ1) is 16.6. The number of amides is 1.